The van der Waals surface area contributed by atoms with Crippen molar-refractivity contribution in [2.24, 2.45) is 0 Å². The van der Waals surface area contributed by atoms with Crippen LogP contribution in [0.4, 0.5) is 0 Å². The van der Waals surface area contributed by atoms with E-state index < -0.39 is 0 Å². The number of aromatic nitrogens is 1. The first-order valence-corrected chi connectivity index (χ1v) is 10.9. The van der Waals surface area contributed by atoms with Crippen LogP contribution < -0.4 is 0 Å². The molecule has 8 heteroatoms. The Labute approximate surface area is 182 Å². The number of hydrogen-bond acceptors (Lipinski definition) is 6. The van der Waals surface area contributed by atoms with Crippen LogP contribution in [-0.2, 0) is 9.53 Å². The number of nitrogens with zero attached hydrogens (tertiary/aromatic N) is 4. The maximum Gasteiger partial charge on any atom is 0.254 e. The van der Waals surface area contributed by atoms with E-state index in [1.54, 1.807) is 13.1 Å². The summed E-state index contributed by atoms with van der Waals surface area (Å²) in [5, 5.41) is 9.98. The second-order valence-corrected chi connectivity index (χ2v) is 8.24. The minimum Gasteiger partial charge on any atom is -0.395 e. The number of morpholine rings is 1. The van der Waals surface area contributed by atoms with Gasteiger partial charge >= 0.3 is 0 Å². The Morgan fingerprint density at radius 3 is 2.77 bits per heavy atom. The molecule has 31 heavy (non-hydrogen) atoms. The number of para-hydroxylation sites is 1. The number of benzene rings is 1. The van der Waals surface area contributed by atoms with Gasteiger partial charge in [-0.25, -0.2) is 4.98 Å². The van der Waals surface area contributed by atoms with Gasteiger partial charge in [0, 0.05) is 25.5 Å². The molecule has 4 rings (SSSR count). The van der Waals surface area contributed by atoms with Crippen LogP contribution >= 0.6 is 0 Å². The third kappa shape index (κ3) is 4.87. The van der Waals surface area contributed by atoms with Gasteiger partial charge in [0.1, 0.15) is 6.10 Å². The molecular weight excluding hydrogens is 396 g/mol. The Hall–Kier alpha value is -2.55. The topological polar surface area (TPSA) is 86.2 Å². The number of likely N-dealkylation sites (tertiary alicyclic amines) is 1. The molecule has 1 unspecified atom stereocenters. The number of likely N-dealkylation sites (N-methyl/N-ethyl adjacent to an activating group) is 1. The molecule has 166 valence electrons. The number of aliphatic hydroxyl groups is 1. The zero-order chi connectivity index (χ0) is 21.8. The normalized spacial score (nSPS) is 19.7. The predicted molar refractivity (Wildman–Crippen MR) is 117 cm³/mol. The van der Waals surface area contributed by atoms with Crippen LogP contribution in [0.15, 0.2) is 30.3 Å². The van der Waals surface area contributed by atoms with Gasteiger partial charge in [0.2, 0.25) is 5.91 Å². The number of amides is 2. The van der Waals surface area contributed by atoms with Gasteiger partial charge in [-0.15, -0.1) is 0 Å². The van der Waals surface area contributed by atoms with Crippen LogP contribution in [0.2, 0.25) is 0 Å². The zero-order valence-corrected chi connectivity index (χ0v) is 18.0. The van der Waals surface area contributed by atoms with E-state index in [1.807, 2.05) is 29.2 Å². The zero-order valence-electron chi connectivity index (χ0n) is 18.0. The number of ether oxygens (including phenoxy) is 1. The first-order valence-electron chi connectivity index (χ1n) is 10.9. The molecule has 1 aromatic carbocycles. The highest BCUT2D eigenvalue weighted by Crippen LogP contribution is 2.27. The van der Waals surface area contributed by atoms with Crippen molar-refractivity contribution in [2.75, 3.05) is 59.5 Å². The molecule has 0 radical (unpaired) electrons. The molecule has 8 nitrogen and oxygen atoms in total. The minimum atomic E-state index is -0.379. The van der Waals surface area contributed by atoms with E-state index in [-0.39, 0.29) is 31.1 Å². The maximum atomic E-state index is 13.0. The van der Waals surface area contributed by atoms with Crippen molar-refractivity contribution in [1.29, 1.82) is 0 Å². The van der Waals surface area contributed by atoms with Crippen LogP contribution in [0, 0.1) is 0 Å². The molecule has 2 aliphatic rings. The molecule has 0 aliphatic carbocycles. The van der Waals surface area contributed by atoms with E-state index in [4.69, 9.17) is 9.72 Å². The summed E-state index contributed by atoms with van der Waals surface area (Å²) in [4.78, 5) is 36.1. The van der Waals surface area contributed by atoms with Crippen molar-refractivity contribution in [1.82, 2.24) is 19.7 Å². The van der Waals surface area contributed by atoms with Crippen molar-refractivity contribution in [3.63, 3.8) is 0 Å². The van der Waals surface area contributed by atoms with Crippen molar-refractivity contribution >= 4 is 22.7 Å². The fourth-order valence-electron chi connectivity index (χ4n) is 4.28. The molecule has 0 saturated carbocycles. The lowest BCUT2D eigenvalue weighted by molar-refractivity contribution is -0.140. The molecule has 2 fully saturated rings. The first-order chi connectivity index (χ1) is 15.1. The number of carbonyl (C=O) groups excluding carboxylic acids is 2. The maximum absolute atomic E-state index is 13.0. The van der Waals surface area contributed by atoms with Crippen molar-refractivity contribution in [3.8, 4) is 0 Å². The van der Waals surface area contributed by atoms with Gasteiger partial charge < -0.3 is 19.6 Å². The van der Waals surface area contributed by atoms with E-state index in [1.165, 1.54) is 4.90 Å². The smallest absolute Gasteiger partial charge is 0.254 e. The molecule has 2 aliphatic heterocycles. The summed E-state index contributed by atoms with van der Waals surface area (Å²) in [5.41, 5.74) is 1.89. The quantitative estimate of drug-likeness (QED) is 0.749. The monoisotopic (exact) mass is 426 g/mol. The molecular formula is C23H30N4O4. The fourth-order valence-corrected chi connectivity index (χ4v) is 4.28. The van der Waals surface area contributed by atoms with Crippen molar-refractivity contribution in [2.45, 2.75) is 18.9 Å². The van der Waals surface area contributed by atoms with E-state index in [0.29, 0.717) is 43.0 Å². The molecule has 0 bridgehead atoms. The first kappa shape index (κ1) is 21.7. The Morgan fingerprint density at radius 1 is 1.23 bits per heavy atom. The number of fused-ring (bicyclic) bond motifs is 1. The Bertz CT molecular complexity index is 944. The Morgan fingerprint density at radius 2 is 2.00 bits per heavy atom. The standard InChI is InChI=1S/C23H30N4O4/c1-25(10-12-28)23(30)18-14-20(24-19-7-3-2-6-17(18)19)21-15-27(11-13-31-21)22(29)16-26-8-4-5-9-26/h2-3,6-7,14,21,28H,4-5,8-13,15-16H2,1H3. The molecule has 2 saturated heterocycles. The average molecular weight is 427 g/mol. The van der Waals surface area contributed by atoms with Gasteiger partial charge in [-0.05, 0) is 38.1 Å². The van der Waals surface area contributed by atoms with Crippen LogP contribution in [0.5, 0.6) is 0 Å². The van der Waals surface area contributed by atoms with Gasteiger partial charge in [0.25, 0.3) is 5.91 Å². The number of rotatable bonds is 6. The summed E-state index contributed by atoms with van der Waals surface area (Å²) in [6.07, 6.45) is 1.93. The van der Waals surface area contributed by atoms with Gasteiger partial charge in [-0.3, -0.25) is 14.5 Å². The second kappa shape index (κ2) is 9.72. The molecule has 2 amide bonds. The van der Waals surface area contributed by atoms with Crippen molar-refractivity contribution < 1.29 is 19.4 Å². The summed E-state index contributed by atoms with van der Waals surface area (Å²) in [6.45, 7) is 4.02. The molecule has 2 aromatic rings. The van der Waals surface area contributed by atoms with Crippen LogP contribution in [0.25, 0.3) is 10.9 Å². The lowest BCUT2D eigenvalue weighted by Gasteiger charge is -2.34. The van der Waals surface area contributed by atoms with E-state index in [2.05, 4.69) is 4.90 Å². The lowest BCUT2D eigenvalue weighted by Crippen LogP contribution is -2.46. The predicted octanol–water partition coefficient (Wildman–Crippen LogP) is 1.29. The van der Waals surface area contributed by atoms with Gasteiger partial charge in [0.15, 0.2) is 0 Å². The van der Waals surface area contributed by atoms with Crippen molar-refractivity contribution in [3.05, 3.63) is 41.6 Å². The molecule has 1 atom stereocenters. The van der Waals surface area contributed by atoms with Gasteiger partial charge in [-0.2, -0.15) is 0 Å². The number of aliphatic hydroxyl groups excluding tert-OH is 1. The summed E-state index contributed by atoms with van der Waals surface area (Å²) in [6, 6.07) is 9.29. The minimum absolute atomic E-state index is 0.0993. The number of hydrogen-bond donors (Lipinski definition) is 1. The summed E-state index contributed by atoms with van der Waals surface area (Å²) in [5.74, 6) is -0.0540. The fraction of sp³-hybridized carbons (Fsp3) is 0.522. The van der Waals surface area contributed by atoms with E-state index in [0.717, 1.165) is 31.3 Å². The van der Waals surface area contributed by atoms with Crippen LogP contribution in [0.1, 0.15) is 35.0 Å². The van der Waals surface area contributed by atoms with Gasteiger partial charge in [-0.1, -0.05) is 18.2 Å². The summed E-state index contributed by atoms with van der Waals surface area (Å²) in [7, 11) is 1.67. The summed E-state index contributed by atoms with van der Waals surface area (Å²) >= 11 is 0. The third-order valence-corrected chi connectivity index (χ3v) is 6.06. The van der Waals surface area contributed by atoms with E-state index >= 15 is 0 Å². The second-order valence-electron chi connectivity index (χ2n) is 8.24. The molecule has 1 aromatic heterocycles. The highest BCUT2D eigenvalue weighted by atomic mass is 16.5. The van der Waals surface area contributed by atoms with E-state index in [9.17, 15) is 14.7 Å². The molecule has 3 heterocycles. The SMILES string of the molecule is CN(CCO)C(=O)c1cc(C2CN(C(=O)CN3CCCC3)CCO2)nc2ccccc12. The summed E-state index contributed by atoms with van der Waals surface area (Å²) < 4.78 is 5.97. The average Bonchev–Trinajstić information content (AvgIpc) is 3.31. The Kier molecular flexibility index (Phi) is 6.80. The van der Waals surface area contributed by atoms with Crippen LogP contribution in [0.3, 0.4) is 0 Å². The lowest BCUT2D eigenvalue weighted by atomic mass is 10.0. The number of carbonyl (C=O) groups is 2. The molecule has 1 N–H and O–H groups in total. The largest absolute Gasteiger partial charge is 0.395 e. The third-order valence-electron chi connectivity index (χ3n) is 6.06. The van der Waals surface area contributed by atoms with Gasteiger partial charge in [0.05, 0.1) is 43.1 Å². The highest BCUT2D eigenvalue weighted by Gasteiger charge is 2.29. The number of pyridine rings is 1. The Balaban J connectivity index is 1.58. The molecule has 0 spiro atoms. The highest BCUT2D eigenvalue weighted by molar-refractivity contribution is 6.06. The van der Waals surface area contributed by atoms with Crippen LogP contribution in [-0.4, -0.2) is 96.1 Å².